The molecule has 4 N–H and O–H groups in total. The molecule has 15 heavy (non-hydrogen) atoms. The van der Waals surface area contributed by atoms with Crippen LogP contribution in [-0.4, -0.2) is 39.0 Å². The Balaban J connectivity index is 2.64. The maximum atomic E-state index is 9.13. The highest BCUT2D eigenvalue weighted by Gasteiger charge is 2.16. The Morgan fingerprint density at radius 2 is 2.40 bits per heavy atom. The van der Waals surface area contributed by atoms with E-state index in [9.17, 15) is 0 Å². The van der Waals surface area contributed by atoms with Gasteiger partial charge in [-0.25, -0.2) is 0 Å². The zero-order valence-corrected chi connectivity index (χ0v) is 10.1. The van der Waals surface area contributed by atoms with Crippen LogP contribution in [0, 0.1) is 0 Å². The second-order valence-electron chi connectivity index (χ2n) is 3.50. The van der Waals surface area contributed by atoms with E-state index in [0.717, 1.165) is 0 Å². The Hall–Kier alpha value is -0.880. The van der Waals surface area contributed by atoms with Crippen molar-refractivity contribution in [3.05, 3.63) is 6.20 Å². The first-order valence-corrected chi connectivity index (χ1v) is 6.06. The molecule has 2 unspecified atom stereocenters. The van der Waals surface area contributed by atoms with Crippen molar-refractivity contribution >= 4 is 23.3 Å². The highest BCUT2D eigenvalue weighted by molar-refractivity contribution is 7.99. The molecule has 6 heteroatoms. The monoisotopic (exact) mass is 230 g/mol. The van der Waals surface area contributed by atoms with Crippen molar-refractivity contribution in [2.45, 2.75) is 18.2 Å². The van der Waals surface area contributed by atoms with Gasteiger partial charge in [0, 0.05) is 24.5 Å². The zero-order valence-electron chi connectivity index (χ0n) is 9.27. The summed E-state index contributed by atoms with van der Waals surface area (Å²) in [6.45, 7) is 2.15. The maximum Gasteiger partial charge on any atom is 0.171 e. The van der Waals surface area contributed by atoms with Crippen LogP contribution >= 0.6 is 11.8 Å². The highest BCUT2D eigenvalue weighted by Crippen LogP contribution is 2.19. The number of nitrogens with one attached hydrogen (secondary N) is 1. The molecule has 1 aromatic rings. The summed E-state index contributed by atoms with van der Waals surface area (Å²) < 4.78 is 1.66. The van der Waals surface area contributed by atoms with E-state index in [1.165, 1.54) is 0 Å². The fourth-order valence-corrected chi connectivity index (χ4v) is 1.99. The van der Waals surface area contributed by atoms with Crippen molar-refractivity contribution in [1.29, 1.82) is 0 Å². The SMILES string of the molecule is CSC(CO)C(C)Nc1nn(C)cc1N. The van der Waals surface area contributed by atoms with Crippen molar-refractivity contribution in [3.63, 3.8) is 0 Å². The van der Waals surface area contributed by atoms with E-state index in [-0.39, 0.29) is 17.9 Å². The smallest absolute Gasteiger partial charge is 0.171 e. The molecule has 0 saturated carbocycles. The number of rotatable bonds is 5. The predicted molar refractivity (Wildman–Crippen MR) is 65.1 cm³/mol. The molecular formula is C9H18N4OS. The summed E-state index contributed by atoms with van der Waals surface area (Å²) in [4.78, 5) is 0. The molecule has 0 spiro atoms. The third kappa shape index (κ3) is 3.04. The van der Waals surface area contributed by atoms with E-state index in [4.69, 9.17) is 10.8 Å². The summed E-state index contributed by atoms with van der Waals surface area (Å²) in [7, 11) is 1.82. The molecule has 1 heterocycles. The number of aliphatic hydroxyl groups excluding tert-OH is 1. The first-order chi connectivity index (χ1) is 7.08. The lowest BCUT2D eigenvalue weighted by molar-refractivity contribution is 0.288. The Labute approximate surface area is 94.0 Å². The van der Waals surface area contributed by atoms with Crippen LogP contribution in [-0.2, 0) is 7.05 Å². The fraction of sp³-hybridized carbons (Fsp3) is 0.667. The number of aryl methyl sites for hydroxylation is 1. The van der Waals surface area contributed by atoms with E-state index in [1.54, 1.807) is 22.6 Å². The fourth-order valence-electron chi connectivity index (χ4n) is 1.36. The zero-order chi connectivity index (χ0) is 11.4. The van der Waals surface area contributed by atoms with E-state index in [1.807, 2.05) is 20.2 Å². The molecule has 1 aromatic heterocycles. The van der Waals surface area contributed by atoms with Gasteiger partial charge in [0.1, 0.15) is 0 Å². The van der Waals surface area contributed by atoms with Gasteiger partial charge < -0.3 is 16.2 Å². The number of hydrogen-bond acceptors (Lipinski definition) is 5. The average Bonchev–Trinajstić information content (AvgIpc) is 2.47. The summed E-state index contributed by atoms with van der Waals surface area (Å²) >= 11 is 1.62. The molecule has 0 fully saturated rings. The number of thioether (sulfide) groups is 1. The van der Waals surface area contributed by atoms with Crippen LogP contribution in [0.2, 0.25) is 0 Å². The minimum atomic E-state index is 0.127. The summed E-state index contributed by atoms with van der Waals surface area (Å²) in [5, 5.41) is 16.7. The molecule has 0 aliphatic carbocycles. The number of nitrogens with zero attached hydrogens (tertiary/aromatic N) is 2. The van der Waals surface area contributed by atoms with Gasteiger partial charge >= 0.3 is 0 Å². The van der Waals surface area contributed by atoms with Gasteiger partial charge in [-0.05, 0) is 13.2 Å². The lowest BCUT2D eigenvalue weighted by atomic mass is 10.2. The summed E-state index contributed by atoms with van der Waals surface area (Å²) in [6.07, 6.45) is 3.73. The van der Waals surface area contributed by atoms with Crippen molar-refractivity contribution in [1.82, 2.24) is 9.78 Å². The van der Waals surface area contributed by atoms with Gasteiger partial charge in [-0.1, -0.05) is 0 Å². The molecule has 0 aliphatic heterocycles. The molecule has 0 aliphatic rings. The van der Waals surface area contributed by atoms with Crippen LogP contribution in [0.15, 0.2) is 6.20 Å². The van der Waals surface area contributed by atoms with E-state index in [2.05, 4.69) is 10.4 Å². The first-order valence-electron chi connectivity index (χ1n) is 4.77. The predicted octanol–water partition coefficient (Wildman–Crippen LogP) is 0.527. The summed E-state index contributed by atoms with van der Waals surface area (Å²) in [5.74, 6) is 0.678. The topological polar surface area (TPSA) is 76.1 Å². The Morgan fingerprint density at radius 1 is 1.73 bits per heavy atom. The minimum Gasteiger partial charge on any atom is -0.395 e. The van der Waals surface area contributed by atoms with Crippen molar-refractivity contribution in [2.75, 3.05) is 23.9 Å². The van der Waals surface area contributed by atoms with Crippen LogP contribution < -0.4 is 11.1 Å². The van der Waals surface area contributed by atoms with Crippen LogP contribution in [0.3, 0.4) is 0 Å². The van der Waals surface area contributed by atoms with Crippen LogP contribution in [0.25, 0.3) is 0 Å². The largest absolute Gasteiger partial charge is 0.395 e. The minimum absolute atomic E-state index is 0.127. The first kappa shape index (κ1) is 12.2. The number of hydrogen-bond donors (Lipinski definition) is 3. The van der Waals surface area contributed by atoms with E-state index < -0.39 is 0 Å². The molecule has 0 aromatic carbocycles. The molecule has 2 atom stereocenters. The number of anilines is 2. The third-order valence-corrected chi connectivity index (χ3v) is 3.42. The second-order valence-corrected chi connectivity index (χ2v) is 4.57. The van der Waals surface area contributed by atoms with Crippen molar-refractivity contribution < 1.29 is 5.11 Å². The molecule has 0 saturated heterocycles. The number of nitrogens with two attached hydrogens (primary N) is 1. The quantitative estimate of drug-likeness (QED) is 0.688. The summed E-state index contributed by atoms with van der Waals surface area (Å²) in [6, 6.07) is 0.127. The Morgan fingerprint density at radius 3 is 2.80 bits per heavy atom. The van der Waals surface area contributed by atoms with Crippen molar-refractivity contribution in [2.24, 2.45) is 7.05 Å². The van der Waals surface area contributed by atoms with Crippen molar-refractivity contribution in [3.8, 4) is 0 Å². The van der Waals surface area contributed by atoms with Gasteiger partial charge in [-0.2, -0.15) is 16.9 Å². The van der Waals surface area contributed by atoms with Crippen LogP contribution in [0.4, 0.5) is 11.5 Å². The summed E-state index contributed by atoms with van der Waals surface area (Å²) in [5.41, 5.74) is 6.38. The van der Waals surface area contributed by atoms with Crippen LogP contribution in [0.1, 0.15) is 6.92 Å². The van der Waals surface area contributed by atoms with Gasteiger partial charge in [-0.3, -0.25) is 4.68 Å². The normalized spacial score (nSPS) is 14.9. The average molecular weight is 230 g/mol. The van der Waals surface area contributed by atoms with E-state index >= 15 is 0 Å². The highest BCUT2D eigenvalue weighted by atomic mass is 32.2. The number of aromatic nitrogens is 2. The van der Waals surface area contributed by atoms with Crippen LogP contribution in [0.5, 0.6) is 0 Å². The van der Waals surface area contributed by atoms with Gasteiger partial charge in [0.15, 0.2) is 5.82 Å². The molecule has 0 bridgehead atoms. The molecule has 0 radical (unpaired) electrons. The number of nitrogen functional groups attached to an aromatic ring is 1. The molecule has 1 rings (SSSR count). The van der Waals surface area contributed by atoms with Gasteiger partial charge in [0.05, 0.1) is 12.3 Å². The van der Waals surface area contributed by atoms with E-state index in [0.29, 0.717) is 11.5 Å². The Bertz CT molecular complexity index is 311. The maximum absolute atomic E-state index is 9.13. The lowest BCUT2D eigenvalue weighted by Gasteiger charge is -2.21. The third-order valence-electron chi connectivity index (χ3n) is 2.26. The van der Waals surface area contributed by atoms with Gasteiger partial charge in [0.2, 0.25) is 0 Å². The van der Waals surface area contributed by atoms with Gasteiger partial charge in [0.25, 0.3) is 0 Å². The molecular weight excluding hydrogens is 212 g/mol. The molecule has 0 amide bonds. The molecule has 86 valence electrons. The Kier molecular flexibility index (Phi) is 4.28. The second kappa shape index (κ2) is 5.27. The number of aliphatic hydroxyl groups is 1. The lowest BCUT2D eigenvalue weighted by Crippen LogP contribution is -2.31. The van der Waals surface area contributed by atoms with Gasteiger partial charge in [-0.15, -0.1) is 0 Å². The standard InChI is InChI=1S/C9H18N4OS/c1-6(8(5-14)15-3)11-9-7(10)4-13(2)12-9/h4,6,8,14H,5,10H2,1-3H3,(H,11,12). The molecule has 5 nitrogen and oxygen atoms in total.